The smallest absolute Gasteiger partial charge is 0.314 e. The number of carbonyl (C=O) groups is 1. The molecule has 0 saturated heterocycles. The van der Waals surface area contributed by atoms with Gasteiger partial charge < -0.3 is 9.84 Å². The van der Waals surface area contributed by atoms with Gasteiger partial charge in [0.1, 0.15) is 5.75 Å². The van der Waals surface area contributed by atoms with Crippen LogP contribution in [0.5, 0.6) is 5.75 Å². The first-order chi connectivity index (χ1) is 8.14. The Bertz CT molecular complexity index is 438. The number of aliphatic carboxylic acids is 1. The van der Waals surface area contributed by atoms with Crippen LogP contribution in [0.25, 0.3) is 0 Å². The van der Waals surface area contributed by atoms with E-state index in [-0.39, 0.29) is 0 Å². The van der Waals surface area contributed by atoms with Gasteiger partial charge in [0.25, 0.3) is 0 Å². The van der Waals surface area contributed by atoms with Crippen LogP contribution in [0.3, 0.4) is 0 Å². The fraction of sp³-hybridized carbons (Fsp3) is 0.462. The molecule has 0 amide bonds. The topological polar surface area (TPSA) is 46.5 Å². The molecule has 3 nitrogen and oxygen atoms in total. The summed E-state index contributed by atoms with van der Waals surface area (Å²) in [4.78, 5) is 12.4. The van der Waals surface area contributed by atoms with Crippen molar-refractivity contribution in [2.75, 3.05) is 13.4 Å². The molecule has 17 heavy (non-hydrogen) atoms. The largest absolute Gasteiger partial charge is 0.496 e. The maximum absolute atomic E-state index is 11.4. The normalized spacial score (nSPS) is 17.3. The number of carboxylic acid groups (broad SMARTS) is 1. The van der Waals surface area contributed by atoms with Crippen molar-refractivity contribution in [1.29, 1.82) is 0 Å². The van der Waals surface area contributed by atoms with E-state index in [4.69, 9.17) is 4.74 Å². The van der Waals surface area contributed by atoms with Gasteiger partial charge in [0, 0.05) is 4.90 Å². The molecule has 1 aromatic carbocycles. The molecule has 4 heteroatoms. The molecular formula is C13H16O3S. The van der Waals surface area contributed by atoms with Crippen molar-refractivity contribution in [2.24, 2.45) is 0 Å². The molecule has 2 rings (SSSR count). The third kappa shape index (κ3) is 1.90. The first-order valence-corrected chi connectivity index (χ1v) is 6.82. The van der Waals surface area contributed by atoms with Gasteiger partial charge in [-0.05, 0) is 36.8 Å². The predicted octanol–water partition coefficient (Wildman–Crippen LogP) is 2.92. The van der Waals surface area contributed by atoms with E-state index < -0.39 is 11.4 Å². The summed E-state index contributed by atoms with van der Waals surface area (Å²) in [5, 5.41) is 9.39. The number of thioether (sulfide) groups is 1. The van der Waals surface area contributed by atoms with E-state index in [1.54, 1.807) is 18.9 Å². The average molecular weight is 252 g/mol. The van der Waals surface area contributed by atoms with Gasteiger partial charge in [-0.15, -0.1) is 11.8 Å². The Hall–Kier alpha value is -1.16. The molecule has 0 aromatic heterocycles. The van der Waals surface area contributed by atoms with Gasteiger partial charge in [-0.1, -0.05) is 12.5 Å². The van der Waals surface area contributed by atoms with Crippen LogP contribution in [-0.2, 0) is 10.2 Å². The zero-order chi connectivity index (χ0) is 12.5. The van der Waals surface area contributed by atoms with Crippen LogP contribution in [-0.4, -0.2) is 24.4 Å². The van der Waals surface area contributed by atoms with Crippen molar-refractivity contribution in [2.45, 2.75) is 29.6 Å². The van der Waals surface area contributed by atoms with E-state index in [1.807, 2.05) is 24.5 Å². The standard InChI is InChI=1S/C13H16O3S/c1-16-10-5-4-9(8-11(10)17-2)13(12(14)15)6-3-7-13/h4-5,8H,3,6-7H2,1-2H3,(H,14,15). The number of hydrogen-bond donors (Lipinski definition) is 1. The first kappa shape index (κ1) is 12.3. The van der Waals surface area contributed by atoms with Crippen LogP contribution >= 0.6 is 11.8 Å². The van der Waals surface area contributed by atoms with Gasteiger partial charge in [0.05, 0.1) is 12.5 Å². The number of carboxylic acids is 1. The van der Waals surface area contributed by atoms with Gasteiger partial charge in [-0.3, -0.25) is 4.79 Å². The molecule has 1 saturated carbocycles. The van der Waals surface area contributed by atoms with Crippen molar-refractivity contribution >= 4 is 17.7 Å². The molecule has 0 atom stereocenters. The summed E-state index contributed by atoms with van der Waals surface area (Å²) in [6, 6.07) is 5.70. The summed E-state index contributed by atoms with van der Waals surface area (Å²) in [6.45, 7) is 0. The minimum absolute atomic E-state index is 0.656. The maximum Gasteiger partial charge on any atom is 0.314 e. The van der Waals surface area contributed by atoms with Crippen LogP contribution < -0.4 is 4.74 Å². The van der Waals surface area contributed by atoms with E-state index >= 15 is 0 Å². The Labute approximate surface area is 105 Å². The monoisotopic (exact) mass is 252 g/mol. The summed E-state index contributed by atoms with van der Waals surface area (Å²) in [6.07, 6.45) is 4.44. The lowest BCUT2D eigenvalue weighted by Gasteiger charge is -2.38. The molecule has 1 aliphatic carbocycles. The lowest BCUT2D eigenvalue weighted by molar-refractivity contribution is -0.147. The number of methoxy groups -OCH3 is 1. The second kappa shape index (κ2) is 4.61. The van der Waals surface area contributed by atoms with Crippen LogP contribution in [0, 0.1) is 0 Å². The van der Waals surface area contributed by atoms with E-state index in [0.717, 1.165) is 35.5 Å². The molecule has 1 N–H and O–H groups in total. The third-order valence-corrected chi connectivity index (χ3v) is 4.31. The van der Waals surface area contributed by atoms with Crippen LogP contribution in [0.2, 0.25) is 0 Å². The van der Waals surface area contributed by atoms with Crippen molar-refractivity contribution in [3.63, 3.8) is 0 Å². The summed E-state index contributed by atoms with van der Waals surface area (Å²) in [7, 11) is 1.63. The molecule has 0 unspecified atom stereocenters. The third-order valence-electron chi connectivity index (χ3n) is 3.55. The fourth-order valence-corrected chi connectivity index (χ4v) is 2.89. The van der Waals surface area contributed by atoms with Gasteiger partial charge in [0.15, 0.2) is 0 Å². The second-order valence-corrected chi connectivity index (χ2v) is 5.16. The maximum atomic E-state index is 11.4. The Kier molecular flexibility index (Phi) is 3.33. The van der Waals surface area contributed by atoms with Crippen LogP contribution in [0.1, 0.15) is 24.8 Å². The quantitative estimate of drug-likeness (QED) is 0.837. The predicted molar refractivity (Wildman–Crippen MR) is 67.9 cm³/mol. The molecule has 1 aromatic rings. The van der Waals surface area contributed by atoms with Gasteiger partial charge in [-0.25, -0.2) is 0 Å². The van der Waals surface area contributed by atoms with E-state index in [0.29, 0.717) is 0 Å². The molecule has 0 heterocycles. The van der Waals surface area contributed by atoms with Crippen molar-refractivity contribution < 1.29 is 14.6 Å². The molecule has 0 bridgehead atoms. The van der Waals surface area contributed by atoms with Crippen molar-refractivity contribution in [3.05, 3.63) is 23.8 Å². The minimum Gasteiger partial charge on any atom is -0.496 e. The lowest BCUT2D eigenvalue weighted by atomic mass is 9.64. The summed E-state index contributed by atoms with van der Waals surface area (Å²) < 4.78 is 5.25. The van der Waals surface area contributed by atoms with Gasteiger partial charge in [-0.2, -0.15) is 0 Å². The number of hydrogen-bond acceptors (Lipinski definition) is 3. The second-order valence-electron chi connectivity index (χ2n) is 4.31. The highest BCUT2D eigenvalue weighted by Crippen LogP contribution is 2.45. The van der Waals surface area contributed by atoms with Crippen molar-refractivity contribution in [3.8, 4) is 5.75 Å². The number of rotatable bonds is 4. The highest BCUT2D eigenvalue weighted by molar-refractivity contribution is 7.98. The SMILES string of the molecule is COc1ccc(C2(C(=O)O)CCC2)cc1SC. The lowest BCUT2D eigenvalue weighted by Crippen LogP contribution is -2.42. The first-order valence-electron chi connectivity index (χ1n) is 5.60. The molecule has 0 spiro atoms. The van der Waals surface area contributed by atoms with Gasteiger partial charge >= 0.3 is 5.97 Å². The highest BCUT2D eigenvalue weighted by atomic mass is 32.2. The Morgan fingerprint density at radius 3 is 2.59 bits per heavy atom. The summed E-state index contributed by atoms with van der Waals surface area (Å²) in [5.74, 6) is 0.0992. The van der Waals surface area contributed by atoms with E-state index in [9.17, 15) is 9.90 Å². The molecule has 0 radical (unpaired) electrons. The molecular weight excluding hydrogens is 236 g/mol. The minimum atomic E-state index is -0.707. The highest BCUT2D eigenvalue weighted by Gasteiger charge is 2.46. The molecule has 0 aliphatic heterocycles. The zero-order valence-corrected chi connectivity index (χ0v) is 10.8. The van der Waals surface area contributed by atoms with Crippen molar-refractivity contribution in [1.82, 2.24) is 0 Å². The average Bonchev–Trinajstić information content (AvgIpc) is 2.26. The molecule has 92 valence electrons. The Balaban J connectivity index is 2.42. The number of benzene rings is 1. The zero-order valence-electron chi connectivity index (χ0n) is 10.0. The fourth-order valence-electron chi connectivity index (χ4n) is 2.29. The number of ether oxygens (including phenoxy) is 1. The van der Waals surface area contributed by atoms with Crippen LogP contribution in [0.15, 0.2) is 23.1 Å². The summed E-state index contributed by atoms with van der Waals surface area (Å²) in [5.41, 5.74) is 0.248. The Morgan fingerprint density at radius 1 is 1.47 bits per heavy atom. The van der Waals surface area contributed by atoms with E-state index in [1.165, 1.54) is 0 Å². The molecule has 1 fully saturated rings. The summed E-state index contributed by atoms with van der Waals surface area (Å²) >= 11 is 1.58. The van der Waals surface area contributed by atoms with E-state index in [2.05, 4.69) is 0 Å². The molecule has 1 aliphatic rings. The van der Waals surface area contributed by atoms with Crippen LogP contribution in [0.4, 0.5) is 0 Å². The van der Waals surface area contributed by atoms with Gasteiger partial charge in [0.2, 0.25) is 0 Å². The Morgan fingerprint density at radius 2 is 2.18 bits per heavy atom.